The highest BCUT2D eigenvalue weighted by atomic mass is 16.5. The number of amides is 1. The van der Waals surface area contributed by atoms with Gasteiger partial charge in [-0.2, -0.15) is 4.98 Å². The molecule has 0 radical (unpaired) electrons. The van der Waals surface area contributed by atoms with Crippen molar-refractivity contribution in [2.24, 2.45) is 0 Å². The SMILES string of the molecule is C=C/C(NC(=O)c1nc(-c2cnc(N)nc2OC)ccc1N)=C(\C=C/C)N1CCCCC1. The van der Waals surface area contributed by atoms with Crippen molar-refractivity contribution in [1.29, 1.82) is 0 Å². The zero-order valence-corrected chi connectivity index (χ0v) is 18.5. The number of allylic oxidation sites excluding steroid dienone is 3. The van der Waals surface area contributed by atoms with Crippen LogP contribution in [-0.2, 0) is 0 Å². The number of pyridine rings is 1. The summed E-state index contributed by atoms with van der Waals surface area (Å²) in [5, 5.41) is 2.93. The van der Waals surface area contributed by atoms with Crippen molar-refractivity contribution in [2.45, 2.75) is 26.2 Å². The van der Waals surface area contributed by atoms with E-state index in [1.54, 1.807) is 18.2 Å². The van der Waals surface area contributed by atoms with E-state index < -0.39 is 5.91 Å². The van der Waals surface area contributed by atoms with E-state index in [9.17, 15) is 4.79 Å². The number of nitrogens with zero attached hydrogens (tertiary/aromatic N) is 4. The number of carbonyl (C=O) groups is 1. The summed E-state index contributed by atoms with van der Waals surface area (Å²) in [6.45, 7) is 7.70. The molecule has 1 fully saturated rings. The lowest BCUT2D eigenvalue weighted by Gasteiger charge is -2.31. The molecular weight excluding hydrogens is 406 g/mol. The van der Waals surface area contributed by atoms with Crippen molar-refractivity contribution >= 4 is 17.5 Å². The van der Waals surface area contributed by atoms with Gasteiger partial charge in [-0.3, -0.25) is 4.79 Å². The Kier molecular flexibility index (Phi) is 7.43. The van der Waals surface area contributed by atoms with E-state index in [1.807, 2.05) is 19.1 Å². The fourth-order valence-electron chi connectivity index (χ4n) is 3.57. The highest BCUT2D eigenvalue weighted by molar-refractivity contribution is 5.99. The number of aromatic nitrogens is 3. The molecule has 3 rings (SSSR count). The number of ether oxygens (including phenoxy) is 1. The minimum Gasteiger partial charge on any atom is -0.480 e. The van der Waals surface area contributed by atoms with Crippen molar-refractivity contribution < 1.29 is 9.53 Å². The Labute approximate surface area is 187 Å². The van der Waals surface area contributed by atoms with Gasteiger partial charge in [0.2, 0.25) is 11.8 Å². The van der Waals surface area contributed by atoms with Gasteiger partial charge in [-0.05, 0) is 50.5 Å². The first kappa shape index (κ1) is 22.8. The van der Waals surface area contributed by atoms with Crippen LogP contribution in [0.4, 0.5) is 11.6 Å². The highest BCUT2D eigenvalue weighted by Gasteiger charge is 2.20. The van der Waals surface area contributed by atoms with Crippen LogP contribution < -0.4 is 21.5 Å². The number of rotatable bonds is 7. The number of methoxy groups -OCH3 is 1. The Bertz CT molecular complexity index is 1060. The molecule has 9 nitrogen and oxygen atoms in total. The number of nitrogens with one attached hydrogen (secondary N) is 1. The van der Waals surface area contributed by atoms with Gasteiger partial charge in [-0.15, -0.1) is 0 Å². The largest absolute Gasteiger partial charge is 0.480 e. The third kappa shape index (κ3) is 5.05. The third-order valence-electron chi connectivity index (χ3n) is 5.13. The molecule has 2 aromatic heterocycles. The normalized spacial score (nSPS) is 14.8. The van der Waals surface area contributed by atoms with E-state index in [0.29, 0.717) is 17.0 Å². The Morgan fingerprint density at radius 1 is 1.22 bits per heavy atom. The molecule has 5 N–H and O–H groups in total. The van der Waals surface area contributed by atoms with Gasteiger partial charge in [-0.1, -0.05) is 12.7 Å². The smallest absolute Gasteiger partial charge is 0.276 e. The molecule has 0 unspecified atom stereocenters. The molecule has 0 bridgehead atoms. The number of nitrogen functional groups attached to an aromatic ring is 2. The fraction of sp³-hybridized carbons (Fsp3) is 0.304. The van der Waals surface area contributed by atoms with Crippen LogP contribution >= 0.6 is 0 Å². The summed E-state index contributed by atoms with van der Waals surface area (Å²) >= 11 is 0. The molecule has 1 saturated heterocycles. The van der Waals surface area contributed by atoms with Crippen LogP contribution in [0.25, 0.3) is 11.3 Å². The van der Waals surface area contributed by atoms with Gasteiger partial charge in [0.25, 0.3) is 5.91 Å². The molecule has 0 aliphatic carbocycles. The standard InChI is InChI=1S/C23H29N7O2/c1-4-9-19(30-12-7-6-8-13-30)17(5-2)28-21(31)20-16(24)10-11-18(27-20)15-14-26-23(25)29-22(15)32-3/h4-5,9-11,14H,2,6-8,12-13,24H2,1,3H3,(H,28,31)(H2,25,26,29)/b9-4-,19-17-. The quantitative estimate of drug-likeness (QED) is 0.566. The van der Waals surface area contributed by atoms with Crippen molar-refractivity contribution in [3.63, 3.8) is 0 Å². The molecule has 32 heavy (non-hydrogen) atoms. The Hall–Kier alpha value is -3.88. The molecule has 0 spiro atoms. The van der Waals surface area contributed by atoms with E-state index in [2.05, 4.69) is 31.7 Å². The molecule has 9 heteroatoms. The van der Waals surface area contributed by atoms with Crippen LogP contribution in [0.15, 0.2) is 54.5 Å². The van der Waals surface area contributed by atoms with Gasteiger partial charge in [0.15, 0.2) is 5.69 Å². The van der Waals surface area contributed by atoms with Crippen LogP contribution in [-0.4, -0.2) is 46.0 Å². The second kappa shape index (κ2) is 10.4. The Morgan fingerprint density at radius 3 is 2.62 bits per heavy atom. The summed E-state index contributed by atoms with van der Waals surface area (Å²) in [7, 11) is 1.47. The first-order chi connectivity index (χ1) is 15.5. The van der Waals surface area contributed by atoms with E-state index >= 15 is 0 Å². The number of hydrogen-bond acceptors (Lipinski definition) is 8. The second-order valence-electron chi connectivity index (χ2n) is 7.29. The Balaban J connectivity index is 1.96. The van der Waals surface area contributed by atoms with Crippen molar-refractivity contribution in [1.82, 2.24) is 25.2 Å². The van der Waals surface area contributed by atoms with E-state index in [4.69, 9.17) is 16.2 Å². The van der Waals surface area contributed by atoms with Gasteiger partial charge in [0.1, 0.15) is 0 Å². The summed E-state index contributed by atoms with van der Waals surface area (Å²) < 4.78 is 5.28. The molecule has 2 aromatic rings. The van der Waals surface area contributed by atoms with E-state index in [0.717, 1.165) is 31.6 Å². The predicted molar refractivity (Wildman–Crippen MR) is 126 cm³/mol. The maximum Gasteiger partial charge on any atom is 0.276 e. The number of anilines is 2. The molecule has 1 aliphatic heterocycles. The average Bonchev–Trinajstić information content (AvgIpc) is 2.82. The number of piperidine rings is 1. The van der Waals surface area contributed by atoms with Gasteiger partial charge >= 0.3 is 0 Å². The lowest BCUT2D eigenvalue weighted by atomic mass is 10.1. The number of carbonyl (C=O) groups excluding carboxylic acids is 1. The summed E-state index contributed by atoms with van der Waals surface area (Å²) in [6.07, 6.45) is 10.5. The van der Waals surface area contributed by atoms with Gasteiger partial charge in [0, 0.05) is 19.3 Å². The molecule has 0 aromatic carbocycles. The number of nitrogens with two attached hydrogens (primary N) is 2. The third-order valence-corrected chi connectivity index (χ3v) is 5.13. The highest BCUT2D eigenvalue weighted by Crippen LogP contribution is 2.28. The maximum absolute atomic E-state index is 13.2. The second-order valence-corrected chi connectivity index (χ2v) is 7.29. The first-order valence-corrected chi connectivity index (χ1v) is 10.5. The zero-order chi connectivity index (χ0) is 23.1. The van der Waals surface area contributed by atoms with Crippen LogP contribution in [0, 0.1) is 0 Å². The van der Waals surface area contributed by atoms with Crippen LogP contribution in [0.2, 0.25) is 0 Å². The molecule has 168 valence electrons. The summed E-state index contributed by atoms with van der Waals surface area (Å²) in [5.41, 5.74) is 14.5. The Morgan fingerprint density at radius 2 is 1.97 bits per heavy atom. The zero-order valence-electron chi connectivity index (χ0n) is 18.5. The van der Waals surface area contributed by atoms with Gasteiger partial charge in [0.05, 0.1) is 35.4 Å². The minimum absolute atomic E-state index is 0.0778. The van der Waals surface area contributed by atoms with Crippen molar-refractivity contribution in [3.05, 3.63) is 60.2 Å². The van der Waals surface area contributed by atoms with E-state index in [-0.39, 0.29) is 23.2 Å². The van der Waals surface area contributed by atoms with E-state index in [1.165, 1.54) is 19.7 Å². The van der Waals surface area contributed by atoms with Crippen LogP contribution in [0.3, 0.4) is 0 Å². The van der Waals surface area contributed by atoms with Crippen molar-refractivity contribution in [3.8, 4) is 17.1 Å². The maximum atomic E-state index is 13.2. The van der Waals surface area contributed by atoms with Crippen LogP contribution in [0.5, 0.6) is 5.88 Å². The molecular formula is C23H29N7O2. The lowest BCUT2D eigenvalue weighted by molar-refractivity contribution is 0.0962. The monoisotopic (exact) mass is 435 g/mol. The molecule has 3 heterocycles. The van der Waals surface area contributed by atoms with Crippen molar-refractivity contribution in [2.75, 3.05) is 31.7 Å². The number of hydrogen-bond donors (Lipinski definition) is 3. The molecule has 1 aliphatic rings. The van der Waals surface area contributed by atoms with Gasteiger partial charge in [-0.25, -0.2) is 9.97 Å². The molecule has 1 amide bonds. The summed E-state index contributed by atoms with van der Waals surface area (Å²) in [4.78, 5) is 27.9. The predicted octanol–water partition coefficient (Wildman–Crippen LogP) is 2.90. The molecule has 0 saturated carbocycles. The van der Waals surface area contributed by atoms with Crippen LogP contribution in [0.1, 0.15) is 36.7 Å². The topological polar surface area (TPSA) is 132 Å². The number of likely N-dealkylation sites (tertiary alicyclic amines) is 1. The lowest BCUT2D eigenvalue weighted by Crippen LogP contribution is -2.33. The fourth-order valence-corrected chi connectivity index (χ4v) is 3.57. The minimum atomic E-state index is -0.436. The first-order valence-electron chi connectivity index (χ1n) is 10.5. The molecule has 0 atom stereocenters. The average molecular weight is 436 g/mol. The summed E-state index contributed by atoms with van der Waals surface area (Å²) in [5.74, 6) is -0.101. The summed E-state index contributed by atoms with van der Waals surface area (Å²) in [6, 6.07) is 3.29. The van der Waals surface area contributed by atoms with Gasteiger partial charge < -0.3 is 26.4 Å².